The summed E-state index contributed by atoms with van der Waals surface area (Å²) in [7, 11) is 0. The van der Waals surface area contributed by atoms with E-state index >= 15 is 0 Å². The molecule has 1 aliphatic rings. The number of benzene rings is 3. The van der Waals surface area contributed by atoms with Crippen LogP contribution in [-0.2, 0) is 9.59 Å². The molecule has 0 aliphatic carbocycles. The molecule has 1 fully saturated rings. The van der Waals surface area contributed by atoms with E-state index in [-0.39, 0.29) is 30.6 Å². The number of para-hydroxylation sites is 1. The van der Waals surface area contributed by atoms with E-state index in [2.05, 4.69) is 16.0 Å². The Hall–Kier alpha value is -4.46. The van der Waals surface area contributed by atoms with Crippen molar-refractivity contribution >= 4 is 46.5 Å². The zero-order valence-electron chi connectivity index (χ0n) is 17.0. The van der Waals surface area contributed by atoms with E-state index in [0.29, 0.717) is 28.3 Å². The first-order valence-electron chi connectivity index (χ1n) is 10.00. The molecular weight excluding hydrogens is 408 g/mol. The highest BCUT2D eigenvalue weighted by Crippen LogP contribution is 2.23. The predicted molar refractivity (Wildman–Crippen MR) is 122 cm³/mol. The highest BCUT2D eigenvalue weighted by atomic mass is 16.2. The molecule has 0 radical (unpaired) electrons. The molecule has 3 aromatic carbocycles. The molecule has 4 rings (SSSR count). The molecule has 8 nitrogen and oxygen atoms in total. The predicted octanol–water partition coefficient (Wildman–Crippen LogP) is 4.24. The van der Waals surface area contributed by atoms with Gasteiger partial charge in [-0.05, 0) is 54.6 Å². The van der Waals surface area contributed by atoms with Gasteiger partial charge in [0.15, 0.2) is 0 Å². The molecule has 1 aliphatic heterocycles. The van der Waals surface area contributed by atoms with E-state index in [4.69, 9.17) is 0 Å². The number of imide groups is 1. The van der Waals surface area contributed by atoms with Gasteiger partial charge in [-0.15, -0.1) is 0 Å². The number of anilines is 4. The first-order valence-corrected chi connectivity index (χ1v) is 10.00. The van der Waals surface area contributed by atoms with Crippen LogP contribution in [0.5, 0.6) is 0 Å². The summed E-state index contributed by atoms with van der Waals surface area (Å²) in [6.07, 6.45) is 0.406. The van der Waals surface area contributed by atoms with Crippen LogP contribution in [0.3, 0.4) is 0 Å². The number of hydrogen-bond acceptors (Lipinski definition) is 4. The molecule has 1 saturated heterocycles. The van der Waals surface area contributed by atoms with Crippen LogP contribution in [0.4, 0.5) is 27.5 Å². The van der Waals surface area contributed by atoms with Gasteiger partial charge in [0, 0.05) is 35.5 Å². The fraction of sp³-hybridized carbons (Fsp3) is 0.0833. The molecule has 1 heterocycles. The van der Waals surface area contributed by atoms with Crippen molar-refractivity contribution in [2.45, 2.75) is 12.8 Å². The maximum Gasteiger partial charge on any atom is 0.323 e. The van der Waals surface area contributed by atoms with E-state index in [1.807, 2.05) is 18.2 Å². The van der Waals surface area contributed by atoms with Crippen LogP contribution in [0.2, 0.25) is 0 Å². The van der Waals surface area contributed by atoms with Crippen LogP contribution >= 0.6 is 0 Å². The van der Waals surface area contributed by atoms with Crippen molar-refractivity contribution in [2.75, 3.05) is 20.9 Å². The molecule has 0 bridgehead atoms. The summed E-state index contributed by atoms with van der Waals surface area (Å²) >= 11 is 0. The van der Waals surface area contributed by atoms with Crippen molar-refractivity contribution in [3.63, 3.8) is 0 Å². The first-order chi connectivity index (χ1) is 15.5. The number of carbonyl (C=O) groups excluding carboxylic acids is 4. The van der Waals surface area contributed by atoms with Crippen molar-refractivity contribution in [1.82, 2.24) is 0 Å². The van der Waals surface area contributed by atoms with Gasteiger partial charge in [-0.1, -0.05) is 24.3 Å². The van der Waals surface area contributed by atoms with Crippen LogP contribution in [-0.4, -0.2) is 23.8 Å². The molecule has 0 spiro atoms. The normalized spacial score (nSPS) is 13.1. The fourth-order valence-corrected chi connectivity index (χ4v) is 3.32. The number of hydrogen-bond donors (Lipinski definition) is 3. The first kappa shape index (κ1) is 20.8. The lowest BCUT2D eigenvalue weighted by Crippen LogP contribution is -2.28. The summed E-state index contributed by atoms with van der Waals surface area (Å²) in [5, 5.41) is 8.21. The van der Waals surface area contributed by atoms with E-state index in [1.165, 1.54) is 0 Å². The van der Waals surface area contributed by atoms with Gasteiger partial charge < -0.3 is 16.0 Å². The molecule has 8 heteroatoms. The SMILES string of the molecule is O=C(Nc1ccccc1)Nc1cccc(NC(=O)c2ccc(N3C(=O)CCC3=O)cc2)c1. The third-order valence-corrected chi connectivity index (χ3v) is 4.85. The Labute approximate surface area is 184 Å². The van der Waals surface area contributed by atoms with E-state index in [0.717, 1.165) is 4.90 Å². The summed E-state index contributed by atoms with van der Waals surface area (Å²) in [6, 6.07) is 21.6. The summed E-state index contributed by atoms with van der Waals surface area (Å²) < 4.78 is 0. The highest BCUT2D eigenvalue weighted by molar-refractivity contribution is 6.20. The number of nitrogens with zero attached hydrogens (tertiary/aromatic N) is 1. The molecule has 3 N–H and O–H groups in total. The minimum Gasteiger partial charge on any atom is -0.322 e. The quantitative estimate of drug-likeness (QED) is 0.529. The van der Waals surface area contributed by atoms with Crippen LogP contribution < -0.4 is 20.9 Å². The Morgan fingerprint density at radius 1 is 0.656 bits per heavy atom. The second-order valence-electron chi connectivity index (χ2n) is 7.15. The third-order valence-electron chi connectivity index (χ3n) is 4.85. The molecule has 160 valence electrons. The van der Waals surface area contributed by atoms with Gasteiger partial charge in [-0.25, -0.2) is 4.79 Å². The molecule has 0 unspecified atom stereocenters. The molecular formula is C24H20N4O4. The summed E-state index contributed by atoms with van der Waals surface area (Å²) in [6.45, 7) is 0. The van der Waals surface area contributed by atoms with E-state index in [9.17, 15) is 19.2 Å². The molecule has 0 atom stereocenters. The Kier molecular flexibility index (Phi) is 5.94. The van der Waals surface area contributed by atoms with Crippen LogP contribution in [0.15, 0.2) is 78.9 Å². The average molecular weight is 428 g/mol. The van der Waals surface area contributed by atoms with Gasteiger partial charge in [-0.3, -0.25) is 19.3 Å². The van der Waals surface area contributed by atoms with E-state index < -0.39 is 6.03 Å². The Bertz CT molecular complexity index is 1160. The number of nitrogens with one attached hydrogen (secondary N) is 3. The Morgan fingerprint density at radius 2 is 1.22 bits per heavy atom. The van der Waals surface area contributed by atoms with Crippen LogP contribution in [0, 0.1) is 0 Å². The third kappa shape index (κ3) is 4.81. The van der Waals surface area contributed by atoms with Crippen molar-refractivity contribution < 1.29 is 19.2 Å². The summed E-state index contributed by atoms with van der Waals surface area (Å²) in [5.74, 6) is -0.845. The molecule has 32 heavy (non-hydrogen) atoms. The molecule has 3 aromatic rings. The maximum absolute atomic E-state index is 12.6. The van der Waals surface area contributed by atoms with Gasteiger partial charge >= 0.3 is 6.03 Å². The monoisotopic (exact) mass is 428 g/mol. The average Bonchev–Trinajstić information content (AvgIpc) is 3.12. The summed E-state index contributed by atoms with van der Waals surface area (Å²) in [5.41, 5.74) is 2.49. The number of urea groups is 1. The lowest BCUT2D eigenvalue weighted by atomic mass is 10.1. The van der Waals surface area contributed by atoms with Gasteiger partial charge in [0.1, 0.15) is 0 Å². The largest absolute Gasteiger partial charge is 0.323 e. The zero-order chi connectivity index (χ0) is 22.5. The highest BCUT2D eigenvalue weighted by Gasteiger charge is 2.30. The van der Waals surface area contributed by atoms with Gasteiger partial charge in [0.05, 0.1) is 5.69 Å². The summed E-state index contributed by atoms with van der Waals surface area (Å²) in [4.78, 5) is 49.6. The van der Waals surface area contributed by atoms with Crippen molar-refractivity contribution in [3.05, 3.63) is 84.4 Å². The number of amides is 5. The minimum atomic E-state index is -0.402. The lowest BCUT2D eigenvalue weighted by Gasteiger charge is -2.14. The van der Waals surface area contributed by atoms with Gasteiger partial charge in [0.25, 0.3) is 5.91 Å². The second-order valence-corrected chi connectivity index (χ2v) is 7.15. The lowest BCUT2D eigenvalue weighted by molar-refractivity contribution is -0.121. The van der Waals surface area contributed by atoms with Crippen molar-refractivity contribution in [1.29, 1.82) is 0 Å². The van der Waals surface area contributed by atoms with Crippen molar-refractivity contribution in [3.8, 4) is 0 Å². The minimum absolute atomic E-state index is 0.203. The smallest absolute Gasteiger partial charge is 0.322 e. The van der Waals surface area contributed by atoms with Gasteiger partial charge in [0.2, 0.25) is 11.8 Å². The maximum atomic E-state index is 12.6. The van der Waals surface area contributed by atoms with Gasteiger partial charge in [-0.2, -0.15) is 0 Å². The molecule has 5 amide bonds. The standard InChI is InChI=1S/C24H20N4O4/c29-21-13-14-22(30)28(21)20-11-9-16(10-12-20)23(31)25-18-7-4-8-19(15-18)27-24(32)26-17-5-2-1-3-6-17/h1-12,15H,13-14H2,(H,25,31)(H2,26,27,32). The second kappa shape index (κ2) is 9.13. The van der Waals surface area contributed by atoms with E-state index in [1.54, 1.807) is 60.7 Å². The fourth-order valence-electron chi connectivity index (χ4n) is 3.32. The molecule has 0 aromatic heterocycles. The Balaban J connectivity index is 1.38. The number of carbonyl (C=O) groups is 4. The van der Waals surface area contributed by atoms with Crippen LogP contribution in [0.1, 0.15) is 23.2 Å². The van der Waals surface area contributed by atoms with Crippen LogP contribution in [0.25, 0.3) is 0 Å². The molecule has 0 saturated carbocycles. The number of rotatable bonds is 5. The van der Waals surface area contributed by atoms with Crippen molar-refractivity contribution in [2.24, 2.45) is 0 Å². The Morgan fingerprint density at radius 3 is 1.88 bits per heavy atom. The zero-order valence-corrected chi connectivity index (χ0v) is 17.0. The topological polar surface area (TPSA) is 108 Å².